The Morgan fingerprint density at radius 1 is 0.488 bits per heavy atom. The molecule has 0 N–H and O–H groups in total. The van der Waals surface area contributed by atoms with Crippen LogP contribution >= 0.6 is 11.8 Å². The van der Waals surface area contributed by atoms with Gasteiger partial charge in [0.25, 0.3) is 0 Å². The van der Waals surface area contributed by atoms with Crippen LogP contribution in [0.1, 0.15) is 47.2 Å². The van der Waals surface area contributed by atoms with Gasteiger partial charge in [-0.1, -0.05) is 123 Å². The van der Waals surface area contributed by atoms with Crippen molar-refractivity contribution in [2.75, 3.05) is 4.90 Å². The number of anilines is 3. The Morgan fingerprint density at radius 2 is 0.977 bits per heavy atom. The number of benzene rings is 6. The van der Waals surface area contributed by atoms with Gasteiger partial charge < -0.3 is 9.64 Å². The fraction of sp³-hybridized carbons (Fsp3) is 0.100. The molecule has 2 nitrogen and oxygen atoms in total. The van der Waals surface area contributed by atoms with E-state index in [-0.39, 0.29) is 5.41 Å². The summed E-state index contributed by atoms with van der Waals surface area (Å²) in [5, 5.41) is 0. The summed E-state index contributed by atoms with van der Waals surface area (Å²) in [5.41, 5.74) is 10.9. The van der Waals surface area contributed by atoms with E-state index in [0.717, 1.165) is 28.6 Å². The fourth-order valence-electron chi connectivity index (χ4n) is 7.74. The summed E-state index contributed by atoms with van der Waals surface area (Å²) in [7, 11) is 0. The van der Waals surface area contributed by atoms with E-state index in [4.69, 9.17) is 4.74 Å². The highest BCUT2D eigenvalue weighted by Gasteiger charge is 2.52. The number of rotatable bonds is 1. The molecule has 0 atom stereocenters. The van der Waals surface area contributed by atoms with Crippen LogP contribution in [0.4, 0.5) is 17.1 Å². The first-order valence-electron chi connectivity index (χ1n) is 14.9. The molecule has 0 bridgehead atoms. The van der Waals surface area contributed by atoms with Gasteiger partial charge in [-0.05, 0) is 75.8 Å². The largest absolute Gasteiger partial charge is 0.453 e. The van der Waals surface area contributed by atoms with Gasteiger partial charge in [0.15, 0.2) is 11.5 Å². The standard InChI is InChI=1S/C40H29NOS/c1-39(2)27-13-3-5-15-29(27)40(30-16-6-4-14-28(30)39)31-17-7-12-22-37(31)43-38-25-26(23-24-32(38)40)41-33-18-8-10-20-35(33)42-36-21-11-9-19-34(36)41/h3-25H,1-2H3. The minimum Gasteiger partial charge on any atom is -0.453 e. The zero-order valence-electron chi connectivity index (χ0n) is 24.0. The van der Waals surface area contributed by atoms with Crippen molar-refractivity contribution in [1.29, 1.82) is 0 Å². The highest BCUT2D eigenvalue weighted by atomic mass is 32.2. The third-order valence-corrected chi connectivity index (χ3v) is 10.7. The second-order valence-electron chi connectivity index (χ2n) is 12.1. The van der Waals surface area contributed by atoms with Crippen molar-refractivity contribution in [1.82, 2.24) is 0 Å². The van der Waals surface area contributed by atoms with E-state index in [1.165, 1.54) is 43.2 Å². The quantitative estimate of drug-likeness (QED) is 0.194. The maximum absolute atomic E-state index is 6.33. The van der Waals surface area contributed by atoms with Crippen molar-refractivity contribution < 1.29 is 4.74 Å². The molecular formula is C40H29NOS. The summed E-state index contributed by atoms with van der Waals surface area (Å²) in [6, 6.07) is 51.0. The van der Waals surface area contributed by atoms with E-state index < -0.39 is 5.41 Å². The van der Waals surface area contributed by atoms with Crippen molar-refractivity contribution in [3.63, 3.8) is 0 Å². The SMILES string of the molecule is CC1(C)c2ccccc2C2(c3ccccc3Sc3cc(N4c5ccccc5Oc5ccccc54)ccc32)c2ccccc21. The minimum atomic E-state index is -0.417. The lowest BCUT2D eigenvalue weighted by atomic mass is 9.54. The molecule has 0 radical (unpaired) electrons. The lowest BCUT2D eigenvalue weighted by molar-refractivity contribution is 0.477. The van der Waals surface area contributed by atoms with E-state index in [1.54, 1.807) is 0 Å². The van der Waals surface area contributed by atoms with Gasteiger partial charge in [0.2, 0.25) is 0 Å². The van der Waals surface area contributed by atoms with Gasteiger partial charge in [0.05, 0.1) is 16.8 Å². The van der Waals surface area contributed by atoms with Gasteiger partial charge in [-0.2, -0.15) is 0 Å². The predicted molar refractivity (Wildman–Crippen MR) is 176 cm³/mol. The Kier molecular flexibility index (Phi) is 5.13. The first-order valence-corrected chi connectivity index (χ1v) is 15.7. The molecular weight excluding hydrogens is 543 g/mol. The van der Waals surface area contributed by atoms with Crippen molar-refractivity contribution in [3.05, 3.63) is 173 Å². The van der Waals surface area contributed by atoms with Crippen molar-refractivity contribution in [3.8, 4) is 11.5 Å². The molecule has 0 aromatic heterocycles. The van der Waals surface area contributed by atoms with Gasteiger partial charge >= 0.3 is 0 Å². The number of hydrogen-bond acceptors (Lipinski definition) is 3. The summed E-state index contributed by atoms with van der Waals surface area (Å²) in [4.78, 5) is 4.93. The number of fused-ring (bicyclic) bond motifs is 10. The lowest BCUT2D eigenvalue weighted by Crippen LogP contribution is -2.43. The third kappa shape index (κ3) is 3.26. The molecule has 0 saturated carbocycles. The molecule has 6 aromatic carbocycles. The first kappa shape index (κ1) is 24.8. The molecule has 3 aliphatic rings. The van der Waals surface area contributed by atoms with Crippen LogP contribution in [-0.4, -0.2) is 0 Å². The Hall–Kier alpha value is -4.73. The van der Waals surface area contributed by atoms with Gasteiger partial charge in [-0.25, -0.2) is 0 Å². The van der Waals surface area contributed by atoms with Crippen molar-refractivity contribution >= 4 is 28.8 Å². The van der Waals surface area contributed by atoms with E-state index in [9.17, 15) is 0 Å². The molecule has 1 spiro atoms. The summed E-state index contributed by atoms with van der Waals surface area (Å²) >= 11 is 1.88. The van der Waals surface area contributed by atoms with E-state index in [1.807, 2.05) is 36.0 Å². The molecule has 0 fully saturated rings. The first-order chi connectivity index (χ1) is 21.1. The van der Waals surface area contributed by atoms with E-state index in [2.05, 4.69) is 134 Å². The van der Waals surface area contributed by atoms with E-state index >= 15 is 0 Å². The number of hydrogen-bond donors (Lipinski definition) is 0. The Balaban J connectivity index is 1.35. The van der Waals surface area contributed by atoms with Crippen LogP contribution in [0.15, 0.2) is 149 Å². The molecule has 0 amide bonds. The molecule has 206 valence electrons. The van der Waals surface area contributed by atoms with Crippen LogP contribution < -0.4 is 9.64 Å². The van der Waals surface area contributed by atoms with Crippen LogP contribution in [-0.2, 0) is 10.8 Å². The summed E-state index contributed by atoms with van der Waals surface area (Å²) in [6.45, 7) is 4.75. The van der Waals surface area contributed by atoms with Crippen LogP contribution in [0.25, 0.3) is 0 Å². The van der Waals surface area contributed by atoms with Crippen LogP contribution in [0.5, 0.6) is 11.5 Å². The zero-order chi connectivity index (χ0) is 28.8. The summed E-state index contributed by atoms with van der Waals surface area (Å²) in [5.74, 6) is 1.73. The van der Waals surface area contributed by atoms with Crippen LogP contribution in [0.2, 0.25) is 0 Å². The highest BCUT2D eigenvalue weighted by Crippen LogP contribution is 2.62. The van der Waals surface area contributed by atoms with Gasteiger partial charge in [0, 0.05) is 20.9 Å². The average Bonchev–Trinajstić information content (AvgIpc) is 3.05. The molecule has 2 aliphatic heterocycles. The van der Waals surface area contributed by atoms with Gasteiger partial charge in [0.1, 0.15) is 0 Å². The van der Waals surface area contributed by atoms with Crippen molar-refractivity contribution in [2.45, 2.75) is 34.5 Å². The Morgan fingerprint density at radius 3 is 1.60 bits per heavy atom. The maximum atomic E-state index is 6.33. The minimum absolute atomic E-state index is 0.112. The number of nitrogens with zero attached hydrogens (tertiary/aromatic N) is 1. The molecule has 3 heteroatoms. The molecule has 6 aromatic rings. The summed E-state index contributed by atoms with van der Waals surface area (Å²) < 4.78 is 6.33. The Labute approximate surface area is 256 Å². The van der Waals surface area contributed by atoms with Crippen LogP contribution in [0.3, 0.4) is 0 Å². The number of ether oxygens (including phenoxy) is 1. The monoisotopic (exact) mass is 571 g/mol. The van der Waals surface area contributed by atoms with E-state index in [0.29, 0.717) is 0 Å². The normalized spacial score (nSPS) is 16.1. The average molecular weight is 572 g/mol. The molecule has 0 saturated heterocycles. The fourth-order valence-corrected chi connectivity index (χ4v) is 8.96. The smallest absolute Gasteiger partial charge is 0.151 e. The van der Waals surface area contributed by atoms with Gasteiger partial charge in [-0.3, -0.25) is 0 Å². The molecule has 1 aliphatic carbocycles. The maximum Gasteiger partial charge on any atom is 0.151 e. The predicted octanol–water partition coefficient (Wildman–Crippen LogP) is 10.7. The zero-order valence-corrected chi connectivity index (χ0v) is 24.9. The molecule has 43 heavy (non-hydrogen) atoms. The van der Waals surface area contributed by atoms with Crippen LogP contribution in [0, 0.1) is 0 Å². The summed E-state index contributed by atoms with van der Waals surface area (Å²) in [6.07, 6.45) is 0. The molecule has 9 rings (SSSR count). The Bertz CT molecular complexity index is 2000. The molecule has 2 heterocycles. The van der Waals surface area contributed by atoms with Crippen molar-refractivity contribution in [2.24, 2.45) is 0 Å². The second-order valence-corrected chi connectivity index (χ2v) is 13.2. The lowest BCUT2D eigenvalue weighted by Gasteiger charge is -2.50. The second kappa shape index (κ2) is 8.89. The highest BCUT2D eigenvalue weighted by molar-refractivity contribution is 7.99. The third-order valence-electron chi connectivity index (χ3n) is 9.58. The topological polar surface area (TPSA) is 12.5 Å². The van der Waals surface area contributed by atoms with Gasteiger partial charge in [-0.15, -0.1) is 0 Å². The number of para-hydroxylation sites is 4. The molecule has 0 unspecified atom stereocenters.